The number of hydrogen-bond donors (Lipinski definition) is 1. The minimum atomic E-state index is 0.204. The van der Waals surface area contributed by atoms with E-state index in [4.69, 9.17) is 9.84 Å². The Morgan fingerprint density at radius 2 is 2.11 bits per heavy atom. The third-order valence-electron chi connectivity index (χ3n) is 4.87. The molecular weight excluding hydrogens is 260 g/mol. The van der Waals surface area contributed by atoms with Crippen LogP contribution in [0.3, 0.4) is 0 Å². The molecule has 0 radical (unpaired) electrons. The first-order chi connectivity index (χ1) is 9.31. The maximum absolute atomic E-state index is 9.00. The van der Waals surface area contributed by atoms with E-state index in [0.717, 1.165) is 45.4 Å². The van der Waals surface area contributed by atoms with Crippen LogP contribution in [0.25, 0.3) is 0 Å². The van der Waals surface area contributed by atoms with Gasteiger partial charge >= 0.3 is 0 Å². The third kappa shape index (κ3) is 3.27. The molecule has 0 bridgehead atoms. The molecule has 0 aliphatic carbocycles. The molecule has 5 heteroatoms. The van der Waals surface area contributed by atoms with Crippen molar-refractivity contribution in [3.63, 3.8) is 0 Å². The number of aliphatic hydroxyl groups is 1. The average molecular weight is 286 g/mol. The monoisotopic (exact) mass is 286 g/mol. The summed E-state index contributed by atoms with van der Waals surface area (Å²) in [4.78, 5) is 5.04. The fourth-order valence-electron chi connectivity index (χ4n) is 3.67. The van der Waals surface area contributed by atoms with E-state index in [9.17, 15) is 0 Å². The van der Waals surface area contributed by atoms with Gasteiger partial charge in [-0.1, -0.05) is 0 Å². The zero-order valence-electron chi connectivity index (χ0n) is 11.7. The predicted octanol–water partition coefficient (Wildman–Crippen LogP) is 0.651. The summed E-state index contributed by atoms with van der Waals surface area (Å²) < 4.78 is 6.12. The van der Waals surface area contributed by atoms with Crippen LogP contribution in [0.5, 0.6) is 0 Å². The highest BCUT2D eigenvalue weighted by Crippen LogP contribution is 2.39. The normalized spacial score (nSPS) is 38.1. The second-order valence-electron chi connectivity index (χ2n) is 6.08. The molecule has 3 rings (SSSR count). The highest BCUT2D eigenvalue weighted by atomic mass is 32.2. The van der Waals surface area contributed by atoms with Crippen LogP contribution in [-0.2, 0) is 4.74 Å². The molecule has 3 aliphatic rings. The van der Waals surface area contributed by atoms with Gasteiger partial charge in [0.15, 0.2) is 0 Å². The van der Waals surface area contributed by atoms with Crippen molar-refractivity contribution < 1.29 is 9.84 Å². The van der Waals surface area contributed by atoms with Crippen LogP contribution in [0, 0.1) is 0 Å². The van der Waals surface area contributed by atoms with Gasteiger partial charge < -0.3 is 9.84 Å². The Hall–Kier alpha value is 0.190. The topological polar surface area (TPSA) is 35.9 Å². The Labute approximate surface area is 120 Å². The summed E-state index contributed by atoms with van der Waals surface area (Å²) in [7, 11) is 0. The minimum absolute atomic E-state index is 0.204. The van der Waals surface area contributed by atoms with Gasteiger partial charge in [-0.2, -0.15) is 11.8 Å². The van der Waals surface area contributed by atoms with Crippen LogP contribution >= 0.6 is 11.8 Å². The summed E-state index contributed by atoms with van der Waals surface area (Å²) in [5.74, 6) is 2.48. The van der Waals surface area contributed by atoms with Crippen LogP contribution in [0.2, 0.25) is 0 Å². The quantitative estimate of drug-likeness (QED) is 0.824. The number of nitrogens with zero attached hydrogens (tertiary/aromatic N) is 2. The molecule has 2 atom stereocenters. The van der Waals surface area contributed by atoms with Gasteiger partial charge in [0.1, 0.15) is 0 Å². The molecule has 3 heterocycles. The van der Waals surface area contributed by atoms with Gasteiger partial charge in [-0.25, -0.2) is 0 Å². The van der Waals surface area contributed by atoms with Crippen molar-refractivity contribution >= 4 is 11.8 Å². The van der Waals surface area contributed by atoms with Crippen molar-refractivity contribution in [2.75, 3.05) is 57.4 Å². The molecule has 19 heavy (non-hydrogen) atoms. The van der Waals surface area contributed by atoms with E-state index in [-0.39, 0.29) is 12.2 Å². The van der Waals surface area contributed by atoms with E-state index in [2.05, 4.69) is 21.6 Å². The fourth-order valence-corrected chi connectivity index (χ4v) is 5.05. The highest BCUT2D eigenvalue weighted by Gasteiger charge is 2.42. The number of β-amino-alcohol motifs (C(OH)–C–C–N with tert-alkyl or cyclic N) is 1. The third-order valence-corrected chi connectivity index (χ3v) is 6.10. The second-order valence-corrected chi connectivity index (χ2v) is 7.19. The SMILES string of the molecule is OCCN1CCN(C2CCOC3(CCSC3)C2)CC1. The zero-order valence-corrected chi connectivity index (χ0v) is 12.5. The number of piperazine rings is 1. The lowest BCUT2D eigenvalue weighted by Gasteiger charge is -2.45. The number of thioether (sulfide) groups is 1. The molecule has 4 nitrogen and oxygen atoms in total. The van der Waals surface area contributed by atoms with Crippen molar-refractivity contribution in [3.8, 4) is 0 Å². The molecule has 110 valence electrons. The number of aliphatic hydroxyl groups excluding tert-OH is 1. The lowest BCUT2D eigenvalue weighted by atomic mass is 9.88. The van der Waals surface area contributed by atoms with E-state index < -0.39 is 0 Å². The molecule has 0 aromatic carbocycles. The Bertz CT molecular complexity index is 289. The van der Waals surface area contributed by atoms with Gasteiger partial charge in [-0.15, -0.1) is 0 Å². The van der Waals surface area contributed by atoms with Crippen molar-refractivity contribution in [2.45, 2.75) is 30.9 Å². The molecule has 3 fully saturated rings. The van der Waals surface area contributed by atoms with E-state index in [1.165, 1.54) is 30.8 Å². The van der Waals surface area contributed by atoms with Crippen LogP contribution in [0.1, 0.15) is 19.3 Å². The fraction of sp³-hybridized carbons (Fsp3) is 1.00. The molecule has 3 saturated heterocycles. The molecule has 3 aliphatic heterocycles. The molecule has 0 saturated carbocycles. The van der Waals surface area contributed by atoms with Gasteiger partial charge in [0.25, 0.3) is 0 Å². The Morgan fingerprint density at radius 1 is 1.26 bits per heavy atom. The predicted molar refractivity (Wildman–Crippen MR) is 78.7 cm³/mol. The molecule has 0 amide bonds. The van der Waals surface area contributed by atoms with Crippen molar-refractivity contribution in [2.24, 2.45) is 0 Å². The zero-order chi connectivity index (χ0) is 13.1. The summed E-state index contributed by atoms with van der Waals surface area (Å²) in [6, 6.07) is 0.726. The molecule has 1 N–H and O–H groups in total. The number of rotatable bonds is 3. The minimum Gasteiger partial charge on any atom is -0.395 e. The standard InChI is InChI=1S/C14H26N2O2S/c17-8-7-15-3-5-16(6-4-15)13-1-9-18-14(11-13)2-10-19-12-14/h13,17H,1-12H2. The molecular formula is C14H26N2O2S. The van der Waals surface area contributed by atoms with Gasteiger partial charge in [-0.3, -0.25) is 9.80 Å². The van der Waals surface area contributed by atoms with Crippen molar-refractivity contribution in [1.82, 2.24) is 9.80 Å². The number of ether oxygens (including phenoxy) is 1. The first-order valence-corrected chi connectivity index (χ1v) is 8.76. The highest BCUT2D eigenvalue weighted by molar-refractivity contribution is 7.99. The summed E-state index contributed by atoms with van der Waals surface area (Å²) in [5, 5.41) is 9.00. The molecule has 1 spiro atoms. The lowest BCUT2D eigenvalue weighted by Crippen LogP contribution is -2.55. The average Bonchev–Trinajstić information content (AvgIpc) is 2.88. The largest absolute Gasteiger partial charge is 0.395 e. The molecule has 0 aromatic rings. The second kappa shape index (κ2) is 6.31. The first kappa shape index (κ1) is 14.1. The van der Waals surface area contributed by atoms with Crippen LogP contribution < -0.4 is 0 Å². The maximum atomic E-state index is 9.00. The van der Waals surface area contributed by atoms with E-state index in [1.807, 2.05) is 0 Å². The first-order valence-electron chi connectivity index (χ1n) is 7.60. The van der Waals surface area contributed by atoms with E-state index >= 15 is 0 Å². The Balaban J connectivity index is 1.52. The Kier molecular flexibility index (Phi) is 4.70. The van der Waals surface area contributed by atoms with Gasteiger partial charge in [0.05, 0.1) is 12.2 Å². The van der Waals surface area contributed by atoms with Gasteiger partial charge in [0, 0.05) is 51.1 Å². The summed E-state index contributed by atoms with van der Waals surface area (Å²) in [6.07, 6.45) is 3.69. The van der Waals surface area contributed by atoms with Crippen LogP contribution in [-0.4, -0.2) is 84.0 Å². The van der Waals surface area contributed by atoms with E-state index in [1.54, 1.807) is 0 Å². The van der Waals surface area contributed by atoms with Crippen LogP contribution in [0.4, 0.5) is 0 Å². The number of hydrogen-bond acceptors (Lipinski definition) is 5. The summed E-state index contributed by atoms with van der Waals surface area (Å²) in [5.41, 5.74) is 0.204. The van der Waals surface area contributed by atoms with Crippen molar-refractivity contribution in [3.05, 3.63) is 0 Å². The van der Waals surface area contributed by atoms with Gasteiger partial charge in [0.2, 0.25) is 0 Å². The van der Waals surface area contributed by atoms with Crippen molar-refractivity contribution in [1.29, 1.82) is 0 Å². The summed E-state index contributed by atoms with van der Waals surface area (Å²) in [6.45, 7) is 6.61. The maximum Gasteiger partial charge on any atom is 0.0795 e. The van der Waals surface area contributed by atoms with Gasteiger partial charge in [-0.05, 0) is 25.0 Å². The van der Waals surface area contributed by atoms with E-state index in [0.29, 0.717) is 0 Å². The molecule has 2 unspecified atom stereocenters. The van der Waals surface area contributed by atoms with Crippen LogP contribution in [0.15, 0.2) is 0 Å². The lowest BCUT2D eigenvalue weighted by molar-refractivity contribution is -0.0942. The Morgan fingerprint density at radius 3 is 2.79 bits per heavy atom. The smallest absolute Gasteiger partial charge is 0.0795 e. The summed E-state index contributed by atoms with van der Waals surface area (Å²) >= 11 is 2.06. The molecule has 0 aromatic heterocycles.